The monoisotopic (exact) mass is 329 g/mol. The van der Waals surface area contributed by atoms with Crippen molar-refractivity contribution in [2.75, 3.05) is 13.1 Å². The summed E-state index contributed by atoms with van der Waals surface area (Å²) in [5.41, 5.74) is 5.98. The Kier molecular flexibility index (Phi) is 7.29. The minimum atomic E-state index is -0.364. The molecule has 1 aromatic heterocycles. The van der Waals surface area contributed by atoms with Crippen molar-refractivity contribution < 1.29 is 4.79 Å². The van der Waals surface area contributed by atoms with Crippen molar-refractivity contribution in [3.05, 3.63) is 12.2 Å². The third kappa shape index (κ3) is 4.20. The molecule has 1 amide bonds. The molecule has 6 nitrogen and oxygen atoms in total. The molecule has 2 unspecified atom stereocenters. The molecular weight excluding hydrogens is 302 g/mol. The third-order valence-corrected chi connectivity index (χ3v) is 4.17. The van der Waals surface area contributed by atoms with Crippen LogP contribution in [0.5, 0.6) is 0 Å². The number of amides is 1. The average Bonchev–Trinajstić information content (AvgIpc) is 2.96. The van der Waals surface area contributed by atoms with Crippen LogP contribution >= 0.6 is 12.4 Å². The van der Waals surface area contributed by atoms with Crippen molar-refractivity contribution >= 4 is 18.3 Å². The molecule has 1 aliphatic rings. The first-order valence-corrected chi connectivity index (χ1v) is 7.98. The number of nitrogens with two attached hydrogens (primary N) is 1. The number of carbonyl (C=O) groups excluding carboxylic acids is 1. The van der Waals surface area contributed by atoms with Gasteiger partial charge in [0.15, 0.2) is 0 Å². The van der Waals surface area contributed by atoms with E-state index in [-0.39, 0.29) is 30.3 Å². The van der Waals surface area contributed by atoms with Gasteiger partial charge < -0.3 is 15.2 Å². The molecule has 1 saturated heterocycles. The average molecular weight is 330 g/mol. The molecule has 2 rings (SSSR count). The first-order chi connectivity index (χ1) is 10.0. The zero-order valence-corrected chi connectivity index (χ0v) is 14.6. The summed E-state index contributed by atoms with van der Waals surface area (Å²) in [4.78, 5) is 14.3. The Morgan fingerprint density at radius 3 is 2.86 bits per heavy atom. The first kappa shape index (κ1) is 18.9. The summed E-state index contributed by atoms with van der Waals surface area (Å²) >= 11 is 0. The highest BCUT2D eigenvalue weighted by atomic mass is 35.5. The van der Waals surface area contributed by atoms with Crippen LogP contribution in [0.15, 0.2) is 6.33 Å². The Labute approximate surface area is 138 Å². The maximum absolute atomic E-state index is 12.4. The third-order valence-electron chi connectivity index (χ3n) is 4.17. The summed E-state index contributed by atoms with van der Waals surface area (Å²) in [6.45, 7) is 7.81. The molecule has 0 radical (unpaired) electrons. The lowest BCUT2D eigenvalue weighted by atomic mass is 9.96. The van der Waals surface area contributed by atoms with Crippen LogP contribution in [-0.4, -0.2) is 44.7 Å². The van der Waals surface area contributed by atoms with Crippen LogP contribution in [0.2, 0.25) is 0 Å². The Morgan fingerprint density at radius 1 is 1.50 bits per heavy atom. The normalized spacial score (nSPS) is 19.9. The van der Waals surface area contributed by atoms with Crippen molar-refractivity contribution in [1.82, 2.24) is 19.7 Å². The van der Waals surface area contributed by atoms with E-state index in [1.54, 1.807) is 6.33 Å². The number of rotatable bonds is 5. The molecule has 0 aromatic carbocycles. The number of aromatic nitrogens is 3. The Hall–Kier alpha value is -1.14. The molecule has 7 heteroatoms. The van der Waals surface area contributed by atoms with Crippen LogP contribution in [0.25, 0.3) is 0 Å². The van der Waals surface area contributed by atoms with Crippen molar-refractivity contribution in [2.45, 2.75) is 64.5 Å². The molecule has 2 atom stereocenters. The number of nitrogens with zero attached hydrogens (tertiary/aromatic N) is 4. The van der Waals surface area contributed by atoms with E-state index < -0.39 is 0 Å². The van der Waals surface area contributed by atoms with E-state index in [1.807, 2.05) is 4.90 Å². The van der Waals surface area contributed by atoms with Crippen LogP contribution in [-0.2, 0) is 4.79 Å². The minimum absolute atomic E-state index is 0. The molecule has 1 aliphatic heterocycles. The SMILES string of the molecule is CCCC(N)C(=O)N1CCCC(c2nncn2C(C)C)C1.Cl. The van der Waals surface area contributed by atoms with Crippen molar-refractivity contribution in [3.63, 3.8) is 0 Å². The van der Waals surface area contributed by atoms with E-state index in [9.17, 15) is 4.79 Å². The molecule has 2 N–H and O–H groups in total. The predicted octanol–water partition coefficient (Wildman–Crippen LogP) is 2.11. The van der Waals surface area contributed by atoms with E-state index in [4.69, 9.17) is 5.73 Å². The fourth-order valence-corrected chi connectivity index (χ4v) is 3.00. The van der Waals surface area contributed by atoms with Crippen molar-refractivity contribution in [2.24, 2.45) is 5.73 Å². The largest absolute Gasteiger partial charge is 0.341 e. The minimum Gasteiger partial charge on any atom is -0.341 e. The van der Waals surface area contributed by atoms with E-state index >= 15 is 0 Å². The van der Waals surface area contributed by atoms with Gasteiger partial charge in [0.1, 0.15) is 12.2 Å². The number of piperidine rings is 1. The highest BCUT2D eigenvalue weighted by Gasteiger charge is 2.30. The molecule has 126 valence electrons. The van der Waals surface area contributed by atoms with Gasteiger partial charge in [-0.2, -0.15) is 0 Å². The summed E-state index contributed by atoms with van der Waals surface area (Å²) in [6, 6.07) is -0.0276. The molecule has 1 fully saturated rings. The highest BCUT2D eigenvalue weighted by molar-refractivity contribution is 5.85. The Balaban J connectivity index is 0.00000242. The summed E-state index contributed by atoms with van der Waals surface area (Å²) in [7, 11) is 0. The topological polar surface area (TPSA) is 77.0 Å². The van der Waals surface area contributed by atoms with Crippen LogP contribution in [0, 0.1) is 0 Å². The van der Waals surface area contributed by atoms with Gasteiger partial charge in [-0.3, -0.25) is 4.79 Å². The quantitative estimate of drug-likeness (QED) is 0.897. The molecule has 22 heavy (non-hydrogen) atoms. The smallest absolute Gasteiger partial charge is 0.239 e. The second-order valence-corrected chi connectivity index (χ2v) is 6.21. The van der Waals surface area contributed by atoms with E-state index in [2.05, 4.69) is 35.5 Å². The zero-order valence-electron chi connectivity index (χ0n) is 13.7. The number of hydrogen-bond acceptors (Lipinski definition) is 4. The predicted molar refractivity (Wildman–Crippen MR) is 89.1 cm³/mol. The molecule has 0 bridgehead atoms. The fraction of sp³-hybridized carbons (Fsp3) is 0.800. The van der Waals surface area contributed by atoms with Crippen LogP contribution in [0.3, 0.4) is 0 Å². The number of hydrogen-bond donors (Lipinski definition) is 1. The second kappa shape index (κ2) is 8.48. The van der Waals surface area contributed by atoms with Crippen molar-refractivity contribution in [1.29, 1.82) is 0 Å². The van der Waals surface area contributed by atoms with Crippen LogP contribution in [0.1, 0.15) is 64.2 Å². The van der Waals surface area contributed by atoms with E-state index in [1.165, 1.54) is 0 Å². The fourth-order valence-electron chi connectivity index (χ4n) is 3.00. The first-order valence-electron chi connectivity index (χ1n) is 7.98. The number of carbonyl (C=O) groups is 1. The molecule has 0 spiro atoms. The van der Waals surface area contributed by atoms with Gasteiger partial charge in [-0.25, -0.2) is 0 Å². The summed E-state index contributed by atoms with van der Waals surface area (Å²) in [6.07, 6.45) is 5.52. The van der Waals surface area contributed by atoms with Crippen molar-refractivity contribution in [3.8, 4) is 0 Å². The van der Waals surface area contributed by atoms with Crippen LogP contribution < -0.4 is 5.73 Å². The molecule has 2 heterocycles. The molecular formula is C15H28ClN5O. The summed E-state index contributed by atoms with van der Waals surface area (Å²) in [5.74, 6) is 1.34. The van der Waals surface area contributed by atoms with E-state index in [0.717, 1.165) is 38.1 Å². The number of likely N-dealkylation sites (tertiary alicyclic amines) is 1. The lowest BCUT2D eigenvalue weighted by Gasteiger charge is -2.34. The van der Waals surface area contributed by atoms with Gasteiger partial charge in [0.25, 0.3) is 0 Å². The second-order valence-electron chi connectivity index (χ2n) is 6.21. The van der Waals surface area contributed by atoms with Gasteiger partial charge in [-0.1, -0.05) is 13.3 Å². The van der Waals surface area contributed by atoms with Gasteiger partial charge in [0.05, 0.1) is 6.04 Å². The summed E-state index contributed by atoms with van der Waals surface area (Å²) in [5, 5.41) is 8.32. The lowest BCUT2D eigenvalue weighted by Crippen LogP contribution is -2.47. The maximum atomic E-state index is 12.4. The van der Waals surface area contributed by atoms with Gasteiger partial charge in [-0.15, -0.1) is 22.6 Å². The molecule has 0 aliphatic carbocycles. The standard InChI is InChI=1S/C15H27N5O.ClH/c1-4-6-13(16)15(21)19-8-5-7-12(9-19)14-18-17-10-20(14)11(2)3;/h10-13H,4-9,16H2,1-3H3;1H. The van der Waals surface area contributed by atoms with Crippen LogP contribution in [0.4, 0.5) is 0 Å². The lowest BCUT2D eigenvalue weighted by molar-refractivity contribution is -0.134. The number of halogens is 1. The zero-order chi connectivity index (χ0) is 15.4. The van der Waals surface area contributed by atoms with Gasteiger partial charge in [-0.05, 0) is 33.1 Å². The van der Waals surface area contributed by atoms with Gasteiger partial charge in [0, 0.05) is 25.0 Å². The van der Waals surface area contributed by atoms with E-state index in [0.29, 0.717) is 12.6 Å². The maximum Gasteiger partial charge on any atom is 0.239 e. The highest BCUT2D eigenvalue weighted by Crippen LogP contribution is 2.27. The molecule has 0 saturated carbocycles. The summed E-state index contributed by atoms with van der Waals surface area (Å²) < 4.78 is 2.10. The Morgan fingerprint density at radius 2 is 2.23 bits per heavy atom. The van der Waals surface area contributed by atoms with Gasteiger partial charge >= 0.3 is 0 Å². The Bertz CT molecular complexity index is 476. The van der Waals surface area contributed by atoms with Gasteiger partial charge in [0.2, 0.25) is 5.91 Å². The molecule has 1 aromatic rings.